The first-order valence-electron chi connectivity index (χ1n) is 12.0. The van der Waals surface area contributed by atoms with Crippen LogP contribution in [0.5, 0.6) is 0 Å². The number of fused-ring (bicyclic) bond motifs is 1. The SMILES string of the molecule is NC(=O)[C@H](Cc1ccccc1)NC(=O)[C@H](Cc1c[nH]c2ccccc12)NC(=O)[C@@H](N)CCCN=C(N)N. The number of benzene rings is 2. The van der Waals surface area contributed by atoms with E-state index in [0.717, 1.165) is 22.0 Å². The molecule has 11 heteroatoms. The maximum absolute atomic E-state index is 13.4. The van der Waals surface area contributed by atoms with Gasteiger partial charge in [-0.15, -0.1) is 0 Å². The minimum atomic E-state index is -0.993. The first kappa shape index (κ1) is 27.2. The van der Waals surface area contributed by atoms with Crippen LogP contribution in [0.3, 0.4) is 0 Å². The Morgan fingerprint density at radius 3 is 2.24 bits per heavy atom. The number of hydrogen-bond donors (Lipinski definition) is 7. The van der Waals surface area contributed by atoms with Gasteiger partial charge in [0.1, 0.15) is 12.1 Å². The molecule has 0 aliphatic carbocycles. The van der Waals surface area contributed by atoms with E-state index in [2.05, 4.69) is 20.6 Å². The van der Waals surface area contributed by atoms with Gasteiger partial charge in [0.2, 0.25) is 17.7 Å². The second-order valence-electron chi connectivity index (χ2n) is 8.83. The van der Waals surface area contributed by atoms with E-state index in [0.29, 0.717) is 19.4 Å². The molecule has 11 nitrogen and oxygen atoms in total. The number of aliphatic imine (C=N–C) groups is 1. The van der Waals surface area contributed by atoms with Crippen molar-refractivity contribution in [1.29, 1.82) is 0 Å². The van der Waals surface area contributed by atoms with Crippen LogP contribution in [-0.4, -0.2) is 53.3 Å². The third kappa shape index (κ3) is 8.07. The van der Waals surface area contributed by atoms with Gasteiger partial charge >= 0.3 is 0 Å². The van der Waals surface area contributed by atoms with Crippen LogP contribution >= 0.6 is 0 Å². The number of aromatic amines is 1. The van der Waals surface area contributed by atoms with Gasteiger partial charge in [0.15, 0.2) is 5.96 Å². The van der Waals surface area contributed by atoms with Gasteiger partial charge in [-0.05, 0) is 30.0 Å². The summed E-state index contributed by atoms with van der Waals surface area (Å²) >= 11 is 0. The van der Waals surface area contributed by atoms with Crippen molar-refractivity contribution in [3.63, 3.8) is 0 Å². The van der Waals surface area contributed by atoms with Gasteiger partial charge < -0.3 is 38.6 Å². The standard InChI is InChI=1S/C26H34N8O3/c27-19(10-6-12-31-26(29)30)24(36)34-22(14-17-15-32-20-11-5-4-9-18(17)20)25(37)33-21(23(28)35)13-16-7-2-1-3-8-16/h1-5,7-9,11,15,19,21-22,32H,6,10,12-14,27H2,(H2,28,35)(H,33,37)(H,34,36)(H4,29,30,31)/t19-,21-,22-/m0/s1. The number of aromatic nitrogens is 1. The summed E-state index contributed by atoms with van der Waals surface area (Å²) in [5.41, 5.74) is 24.9. The normalized spacial score (nSPS) is 13.3. The second-order valence-corrected chi connectivity index (χ2v) is 8.83. The monoisotopic (exact) mass is 506 g/mol. The summed E-state index contributed by atoms with van der Waals surface area (Å²) in [6.45, 7) is 0.336. The number of primary amides is 1. The van der Waals surface area contributed by atoms with Gasteiger partial charge in [-0.3, -0.25) is 19.4 Å². The van der Waals surface area contributed by atoms with Crippen LogP contribution in [0.2, 0.25) is 0 Å². The number of amides is 3. The summed E-state index contributed by atoms with van der Waals surface area (Å²) in [5.74, 6) is -1.74. The summed E-state index contributed by atoms with van der Waals surface area (Å²) in [5, 5.41) is 6.38. The minimum Gasteiger partial charge on any atom is -0.370 e. The molecule has 37 heavy (non-hydrogen) atoms. The molecule has 3 aromatic rings. The van der Waals surface area contributed by atoms with Gasteiger partial charge in [-0.2, -0.15) is 0 Å². The fourth-order valence-corrected chi connectivity index (χ4v) is 4.00. The zero-order valence-electron chi connectivity index (χ0n) is 20.5. The quantitative estimate of drug-likeness (QED) is 0.0947. The minimum absolute atomic E-state index is 0.0343. The van der Waals surface area contributed by atoms with Crippen LogP contribution in [-0.2, 0) is 27.2 Å². The third-order valence-electron chi connectivity index (χ3n) is 5.98. The number of rotatable bonds is 13. The highest BCUT2D eigenvalue weighted by Crippen LogP contribution is 2.19. The van der Waals surface area contributed by atoms with E-state index in [1.165, 1.54) is 0 Å². The third-order valence-corrected chi connectivity index (χ3v) is 5.98. The maximum atomic E-state index is 13.4. The summed E-state index contributed by atoms with van der Waals surface area (Å²) in [4.78, 5) is 45.5. The van der Waals surface area contributed by atoms with E-state index in [1.54, 1.807) is 6.20 Å². The Balaban J connectivity index is 1.75. The number of guanidine groups is 1. The fourth-order valence-electron chi connectivity index (χ4n) is 4.00. The summed E-state index contributed by atoms with van der Waals surface area (Å²) in [6, 6.07) is 14.0. The van der Waals surface area contributed by atoms with E-state index in [4.69, 9.17) is 22.9 Å². The summed E-state index contributed by atoms with van der Waals surface area (Å²) in [6.07, 6.45) is 3.01. The highest BCUT2D eigenvalue weighted by atomic mass is 16.2. The van der Waals surface area contributed by atoms with E-state index < -0.39 is 35.8 Å². The maximum Gasteiger partial charge on any atom is 0.243 e. The molecule has 0 saturated carbocycles. The molecule has 3 rings (SSSR count). The average molecular weight is 507 g/mol. The molecule has 0 radical (unpaired) electrons. The van der Waals surface area contributed by atoms with E-state index >= 15 is 0 Å². The number of carbonyl (C=O) groups excluding carboxylic acids is 3. The lowest BCUT2D eigenvalue weighted by Crippen LogP contribution is -2.56. The Hall–Kier alpha value is -4.38. The molecule has 0 fully saturated rings. The summed E-state index contributed by atoms with van der Waals surface area (Å²) < 4.78 is 0. The fraction of sp³-hybridized carbons (Fsp3) is 0.308. The smallest absolute Gasteiger partial charge is 0.243 e. The number of nitrogens with zero attached hydrogens (tertiary/aromatic N) is 1. The molecule has 0 aliphatic rings. The number of hydrogen-bond acceptors (Lipinski definition) is 5. The molecule has 2 aromatic carbocycles. The summed E-state index contributed by atoms with van der Waals surface area (Å²) in [7, 11) is 0. The van der Waals surface area contributed by atoms with Crippen molar-refractivity contribution >= 4 is 34.6 Å². The zero-order chi connectivity index (χ0) is 26.8. The van der Waals surface area contributed by atoms with Crippen LogP contribution in [0.1, 0.15) is 24.0 Å². The van der Waals surface area contributed by atoms with Crippen LogP contribution in [0.4, 0.5) is 0 Å². The zero-order valence-corrected chi connectivity index (χ0v) is 20.5. The molecule has 1 aromatic heterocycles. The van der Waals surface area contributed by atoms with E-state index in [9.17, 15) is 14.4 Å². The predicted molar refractivity (Wildman–Crippen MR) is 143 cm³/mol. The van der Waals surface area contributed by atoms with Crippen LogP contribution in [0, 0.1) is 0 Å². The molecule has 3 amide bonds. The number of H-pyrrole nitrogens is 1. The molecule has 0 unspecified atom stereocenters. The average Bonchev–Trinajstić information content (AvgIpc) is 3.28. The van der Waals surface area contributed by atoms with Crippen molar-refractivity contribution in [2.24, 2.45) is 27.9 Å². The van der Waals surface area contributed by atoms with E-state index in [1.807, 2.05) is 54.6 Å². The van der Waals surface area contributed by atoms with Gasteiger partial charge in [0.05, 0.1) is 6.04 Å². The highest BCUT2D eigenvalue weighted by molar-refractivity contribution is 5.93. The lowest BCUT2D eigenvalue weighted by molar-refractivity contribution is -0.131. The van der Waals surface area contributed by atoms with Crippen LogP contribution < -0.4 is 33.6 Å². The number of nitrogens with one attached hydrogen (secondary N) is 3. The number of carbonyl (C=O) groups is 3. The van der Waals surface area contributed by atoms with Crippen molar-refractivity contribution < 1.29 is 14.4 Å². The van der Waals surface area contributed by atoms with Crippen molar-refractivity contribution in [1.82, 2.24) is 15.6 Å². The Bertz CT molecular complexity index is 1240. The molecule has 3 atom stereocenters. The number of para-hydroxylation sites is 1. The largest absolute Gasteiger partial charge is 0.370 e. The van der Waals surface area contributed by atoms with Crippen molar-refractivity contribution in [2.75, 3.05) is 6.54 Å². The molecular formula is C26H34N8O3. The first-order valence-corrected chi connectivity index (χ1v) is 12.0. The van der Waals surface area contributed by atoms with Gasteiger partial charge in [-0.1, -0.05) is 48.5 Å². The first-order chi connectivity index (χ1) is 17.7. The molecule has 196 valence electrons. The molecule has 0 aliphatic heterocycles. The number of nitrogens with two attached hydrogens (primary N) is 4. The molecule has 1 heterocycles. The van der Waals surface area contributed by atoms with E-state index in [-0.39, 0.29) is 18.8 Å². The predicted octanol–water partition coefficient (Wildman–Crippen LogP) is -0.211. The molecular weight excluding hydrogens is 472 g/mol. The molecule has 11 N–H and O–H groups in total. The molecule has 0 spiro atoms. The van der Waals surface area contributed by atoms with Gasteiger partial charge in [-0.25, -0.2) is 0 Å². The van der Waals surface area contributed by atoms with Gasteiger partial charge in [0, 0.05) is 36.5 Å². The Morgan fingerprint density at radius 1 is 0.865 bits per heavy atom. The highest BCUT2D eigenvalue weighted by Gasteiger charge is 2.28. The van der Waals surface area contributed by atoms with Crippen LogP contribution in [0.25, 0.3) is 10.9 Å². The topological polar surface area (TPSA) is 208 Å². The lowest BCUT2D eigenvalue weighted by Gasteiger charge is -2.23. The molecule has 0 saturated heterocycles. The van der Waals surface area contributed by atoms with Crippen molar-refractivity contribution in [2.45, 2.75) is 43.8 Å². The Kier molecular flexibility index (Phi) is 9.61. The second kappa shape index (κ2) is 13.1. The lowest BCUT2D eigenvalue weighted by atomic mass is 10.0. The van der Waals surface area contributed by atoms with Crippen LogP contribution in [0.15, 0.2) is 65.8 Å². The van der Waals surface area contributed by atoms with Crippen molar-refractivity contribution in [3.8, 4) is 0 Å². The Labute approximate surface area is 215 Å². The van der Waals surface area contributed by atoms with Crippen molar-refractivity contribution in [3.05, 3.63) is 71.9 Å². The Morgan fingerprint density at radius 2 is 1.54 bits per heavy atom. The van der Waals surface area contributed by atoms with Gasteiger partial charge in [0.25, 0.3) is 0 Å². The molecule has 0 bridgehead atoms.